The van der Waals surface area contributed by atoms with Gasteiger partial charge in [0, 0.05) is 0 Å². The second-order valence-corrected chi connectivity index (χ2v) is 3.59. The number of carboxylic acids is 1. The maximum atomic E-state index is 10.9. The molecule has 0 spiro atoms. The first-order valence-electron chi connectivity index (χ1n) is 4.09. The number of nitrogens with zero attached hydrogens (tertiary/aromatic N) is 3. The Hall–Kier alpha value is -1.69. The Labute approximate surface area is 93.5 Å². The van der Waals surface area contributed by atoms with Crippen molar-refractivity contribution in [2.24, 2.45) is 0 Å². The molecule has 0 saturated carbocycles. The molecule has 1 N–H and O–H groups in total. The number of hydrogen-bond acceptors (Lipinski definition) is 3. The summed E-state index contributed by atoms with van der Waals surface area (Å²) in [4.78, 5) is 12.2. The van der Waals surface area contributed by atoms with Gasteiger partial charge in [0.2, 0.25) is 0 Å². The van der Waals surface area contributed by atoms with E-state index in [1.54, 1.807) is 18.2 Å². The number of aromatic nitrogens is 3. The fourth-order valence-electron chi connectivity index (χ4n) is 1.19. The van der Waals surface area contributed by atoms with Crippen molar-refractivity contribution in [2.45, 2.75) is 0 Å². The molecule has 1 heterocycles. The van der Waals surface area contributed by atoms with Crippen LogP contribution in [0, 0.1) is 0 Å². The molecule has 0 saturated heterocycles. The van der Waals surface area contributed by atoms with E-state index in [1.165, 1.54) is 17.1 Å². The first-order valence-corrected chi connectivity index (χ1v) is 4.88. The van der Waals surface area contributed by atoms with Gasteiger partial charge in [0.05, 0.1) is 11.8 Å². The van der Waals surface area contributed by atoms with Gasteiger partial charge in [-0.1, -0.05) is 12.1 Å². The minimum atomic E-state index is -1.00. The van der Waals surface area contributed by atoms with E-state index in [0.717, 1.165) is 0 Å². The maximum Gasteiger partial charge on any atom is 0.337 e. The van der Waals surface area contributed by atoms with Crippen LogP contribution >= 0.6 is 15.9 Å². The van der Waals surface area contributed by atoms with Gasteiger partial charge in [-0.25, -0.2) is 4.79 Å². The number of benzene rings is 1. The molecule has 1 aromatic heterocycles. The van der Waals surface area contributed by atoms with Crippen LogP contribution in [0.4, 0.5) is 0 Å². The number of carbonyl (C=O) groups is 1. The number of rotatable bonds is 2. The zero-order valence-corrected chi connectivity index (χ0v) is 9.05. The monoisotopic (exact) mass is 267 g/mol. The summed E-state index contributed by atoms with van der Waals surface area (Å²) in [6, 6.07) is 6.55. The minimum absolute atomic E-state index is 0.167. The van der Waals surface area contributed by atoms with Gasteiger partial charge in [-0.3, -0.25) is 0 Å². The number of para-hydroxylation sites is 1. The molecule has 0 fully saturated rings. The van der Waals surface area contributed by atoms with Crippen LogP contribution in [-0.2, 0) is 0 Å². The van der Waals surface area contributed by atoms with Gasteiger partial charge in [0.1, 0.15) is 10.3 Å². The molecule has 5 nitrogen and oxygen atoms in total. The maximum absolute atomic E-state index is 10.9. The van der Waals surface area contributed by atoms with E-state index in [0.29, 0.717) is 10.3 Å². The summed E-state index contributed by atoms with van der Waals surface area (Å²) in [6.07, 6.45) is 1.50. The highest BCUT2D eigenvalue weighted by Gasteiger charge is 2.11. The predicted octanol–water partition coefficient (Wildman–Crippen LogP) is 1.73. The molecule has 15 heavy (non-hydrogen) atoms. The first kappa shape index (κ1) is 9.85. The molecular weight excluding hydrogens is 262 g/mol. The van der Waals surface area contributed by atoms with Gasteiger partial charge in [-0.05, 0) is 28.1 Å². The van der Waals surface area contributed by atoms with Crippen LogP contribution < -0.4 is 0 Å². The van der Waals surface area contributed by atoms with Crippen molar-refractivity contribution in [2.75, 3.05) is 0 Å². The Bertz CT molecular complexity index is 510. The topological polar surface area (TPSA) is 68.0 Å². The molecular formula is C9H6BrN3O2. The fraction of sp³-hybridized carbons (Fsp3) is 0. The lowest BCUT2D eigenvalue weighted by molar-refractivity contribution is 0.0696. The Morgan fingerprint density at radius 1 is 1.40 bits per heavy atom. The zero-order chi connectivity index (χ0) is 10.8. The molecule has 0 aliphatic carbocycles. The van der Waals surface area contributed by atoms with Gasteiger partial charge in [0.15, 0.2) is 0 Å². The van der Waals surface area contributed by atoms with Gasteiger partial charge >= 0.3 is 5.97 Å². The molecule has 76 valence electrons. The van der Waals surface area contributed by atoms with Crippen molar-refractivity contribution in [3.63, 3.8) is 0 Å². The van der Waals surface area contributed by atoms with E-state index in [9.17, 15) is 4.79 Å². The lowest BCUT2D eigenvalue weighted by Crippen LogP contribution is -2.07. The summed E-state index contributed by atoms with van der Waals surface area (Å²) < 4.78 is 0.558. The second-order valence-electron chi connectivity index (χ2n) is 2.78. The molecule has 0 aliphatic rings. The van der Waals surface area contributed by atoms with Gasteiger partial charge in [-0.2, -0.15) is 5.10 Å². The standard InChI is InChI=1S/C9H6BrN3O2/c10-8-5-11-13(12-8)7-4-2-1-3-6(7)9(14)15/h1-5H,(H,14,15). The molecule has 0 aliphatic heterocycles. The molecule has 0 radical (unpaired) electrons. The molecule has 2 rings (SSSR count). The third-order valence-electron chi connectivity index (χ3n) is 1.81. The number of hydrogen-bond donors (Lipinski definition) is 1. The van der Waals surface area contributed by atoms with Crippen molar-refractivity contribution in [3.8, 4) is 5.69 Å². The third kappa shape index (κ3) is 1.89. The molecule has 0 amide bonds. The van der Waals surface area contributed by atoms with Crippen LogP contribution in [0.15, 0.2) is 35.1 Å². The first-order chi connectivity index (χ1) is 7.18. The van der Waals surface area contributed by atoms with E-state index in [2.05, 4.69) is 26.1 Å². The highest BCUT2D eigenvalue weighted by molar-refractivity contribution is 9.10. The number of halogens is 1. The van der Waals surface area contributed by atoms with Gasteiger partial charge in [0.25, 0.3) is 0 Å². The lowest BCUT2D eigenvalue weighted by atomic mass is 10.2. The van der Waals surface area contributed by atoms with Crippen molar-refractivity contribution in [3.05, 3.63) is 40.6 Å². The smallest absolute Gasteiger partial charge is 0.337 e. The van der Waals surface area contributed by atoms with Gasteiger partial charge in [-0.15, -0.1) is 9.90 Å². The van der Waals surface area contributed by atoms with E-state index in [1.807, 2.05) is 0 Å². The SMILES string of the molecule is O=C(O)c1ccccc1-n1ncc(Br)n1. The van der Waals surface area contributed by atoms with Crippen LogP contribution in [-0.4, -0.2) is 26.1 Å². The van der Waals surface area contributed by atoms with Crippen molar-refractivity contribution < 1.29 is 9.90 Å². The summed E-state index contributed by atoms with van der Waals surface area (Å²) in [5.41, 5.74) is 0.608. The van der Waals surface area contributed by atoms with Crippen LogP contribution in [0.2, 0.25) is 0 Å². The van der Waals surface area contributed by atoms with Crippen molar-refractivity contribution in [1.82, 2.24) is 15.0 Å². The molecule has 0 unspecified atom stereocenters. The average molecular weight is 268 g/mol. The summed E-state index contributed by atoms with van der Waals surface area (Å²) in [5.74, 6) is -1.00. The molecule has 0 bridgehead atoms. The fourth-order valence-corrected chi connectivity index (χ4v) is 1.43. The summed E-state index contributed by atoms with van der Waals surface area (Å²) in [6.45, 7) is 0. The predicted molar refractivity (Wildman–Crippen MR) is 56.0 cm³/mol. The minimum Gasteiger partial charge on any atom is -0.478 e. The van der Waals surface area contributed by atoms with Crippen LogP contribution in [0.3, 0.4) is 0 Å². The van der Waals surface area contributed by atoms with Crippen LogP contribution in [0.5, 0.6) is 0 Å². The van der Waals surface area contributed by atoms with Crippen LogP contribution in [0.25, 0.3) is 5.69 Å². The quantitative estimate of drug-likeness (QED) is 0.900. The lowest BCUT2D eigenvalue weighted by Gasteiger charge is -2.02. The number of aromatic carboxylic acids is 1. The molecule has 0 atom stereocenters. The third-order valence-corrected chi connectivity index (χ3v) is 2.18. The largest absolute Gasteiger partial charge is 0.478 e. The Morgan fingerprint density at radius 3 is 2.73 bits per heavy atom. The molecule has 6 heteroatoms. The Morgan fingerprint density at radius 2 is 2.13 bits per heavy atom. The van der Waals surface area contributed by atoms with E-state index >= 15 is 0 Å². The molecule has 2 aromatic rings. The van der Waals surface area contributed by atoms with Crippen molar-refractivity contribution >= 4 is 21.9 Å². The van der Waals surface area contributed by atoms with E-state index in [4.69, 9.17) is 5.11 Å². The van der Waals surface area contributed by atoms with E-state index in [-0.39, 0.29) is 5.56 Å². The normalized spacial score (nSPS) is 10.2. The van der Waals surface area contributed by atoms with Crippen LogP contribution in [0.1, 0.15) is 10.4 Å². The molecule has 1 aromatic carbocycles. The summed E-state index contributed by atoms with van der Waals surface area (Å²) in [7, 11) is 0. The zero-order valence-electron chi connectivity index (χ0n) is 7.46. The summed E-state index contributed by atoms with van der Waals surface area (Å²) in [5, 5.41) is 16.9. The van der Waals surface area contributed by atoms with Crippen molar-refractivity contribution in [1.29, 1.82) is 0 Å². The Kier molecular flexibility index (Phi) is 2.51. The second kappa shape index (κ2) is 3.82. The van der Waals surface area contributed by atoms with Gasteiger partial charge < -0.3 is 5.11 Å². The highest BCUT2D eigenvalue weighted by atomic mass is 79.9. The van der Waals surface area contributed by atoms with E-state index < -0.39 is 5.97 Å². The summed E-state index contributed by atoms with van der Waals surface area (Å²) >= 11 is 3.15. The number of carboxylic acid groups (broad SMARTS) is 1. The Balaban J connectivity index is 2.57. The highest BCUT2D eigenvalue weighted by Crippen LogP contribution is 2.13. The average Bonchev–Trinajstić information content (AvgIpc) is 2.65.